The molecule has 0 spiro atoms. The Hall–Kier alpha value is -3.56. The molecule has 10 heteroatoms. The van der Waals surface area contributed by atoms with Crippen LogP contribution in [0.1, 0.15) is 45.7 Å². The molecular weight excluding hydrogens is 442 g/mol. The molecule has 0 saturated carbocycles. The van der Waals surface area contributed by atoms with E-state index in [4.69, 9.17) is 9.51 Å². The highest BCUT2D eigenvalue weighted by atomic mass is 19.3. The number of anilines is 3. The van der Waals surface area contributed by atoms with Crippen LogP contribution in [0.5, 0.6) is 0 Å². The summed E-state index contributed by atoms with van der Waals surface area (Å²) in [5, 5.41) is 6.69. The van der Waals surface area contributed by atoms with Gasteiger partial charge in [0, 0.05) is 57.3 Å². The number of carbonyl (C=O) groups is 1. The second-order valence-electron chi connectivity index (χ2n) is 8.89. The Bertz CT molecular complexity index is 1220. The number of halogens is 2. The Morgan fingerprint density at radius 2 is 1.97 bits per heavy atom. The summed E-state index contributed by atoms with van der Waals surface area (Å²) in [5.41, 5.74) is 4.34. The molecule has 8 nitrogen and oxygen atoms in total. The zero-order chi connectivity index (χ0) is 23.9. The van der Waals surface area contributed by atoms with Crippen LogP contribution in [0.2, 0.25) is 0 Å². The summed E-state index contributed by atoms with van der Waals surface area (Å²) in [6.45, 7) is 5.31. The van der Waals surface area contributed by atoms with Gasteiger partial charge in [-0.1, -0.05) is 11.2 Å². The maximum Gasteiger partial charge on any atom is 0.260 e. The van der Waals surface area contributed by atoms with E-state index in [1.807, 2.05) is 24.0 Å². The number of pyridine rings is 2. The van der Waals surface area contributed by atoms with Crippen LogP contribution in [0.15, 0.2) is 35.2 Å². The van der Waals surface area contributed by atoms with E-state index < -0.39 is 5.92 Å². The zero-order valence-corrected chi connectivity index (χ0v) is 19.1. The quantitative estimate of drug-likeness (QED) is 0.616. The molecule has 1 fully saturated rings. The third kappa shape index (κ3) is 4.32. The number of hydrogen-bond acceptors (Lipinski definition) is 7. The van der Waals surface area contributed by atoms with Gasteiger partial charge in [0.15, 0.2) is 5.82 Å². The number of fused-ring (bicyclic) bond motifs is 1. The molecule has 34 heavy (non-hydrogen) atoms. The standard InChI is InChI=1S/C24H26F2N6O2/c1-15-12-20(32-9-5-19-17(13-32)4-3-8-27-19)28-22(31-10-6-24(25,26)7-11-31)21(15)29-23(33)18-14-34-30-16(18)2/h3-4,8,12,14H,5-7,9-11,13H2,1-2H3,(H,29,33). The van der Waals surface area contributed by atoms with Gasteiger partial charge >= 0.3 is 0 Å². The molecular formula is C24H26F2N6O2. The molecule has 0 bridgehead atoms. The number of hydrogen-bond donors (Lipinski definition) is 1. The maximum atomic E-state index is 13.9. The Morgan fingerprint density at radius 3 is 2.71 bits per heavy atom. The second kappa shape index (κ2) is 8.66. The molecule has 1 N–H and O–H groups in total. The average Bonchev–Trinajstić information content (AvgIpc) is 3.26. The van der Waals surface area contributed by atoms with E-state index in [1.54, 1.807) is 13.1 Å². The van der Waals surface area contributed by atoms with E-state index in [1.165, 1.54) is 6.26 Å². The summed E-state index contributed by atoms with van der Waals surface area (Å²) in [7, 11) is 0. The van der Waals surface area contributed by atoms with Crippen molar-refractivity contribution in [1.82, 2.24) is 15.1 Å². The molecule has 0 aromatic carbocycles. The lowest BCUT2D eigenvalue weighted by Gasteiger charge is -2.35. The molecule has 0 radical (unpaired) electrons. The number of carbonyl (C=O) groups excluding carboxylic acids is 1. The second-order valence-corrected chi connectivity index (χ2v) is 8.89. The van der Waals surface area contributed by atoms with Gasteiger partial charge < -0.3 is 19.6 Å². The molecule has 2 aliphatic rings. The van der Waals surface area contributed by atoms with E-state index in [-0.39, 0.29) is 31.8 Å². The third-order valence-corrected chi connectivity index (χ3v) is 6.50. The molecule has 5 rings (SSSR count). The number of nitrogens with zero attached hydrogens (tertiary/aromatic N) is 5. The fourth-order valence-corrected chi connectivity index (χ4v) is 4.48. The number of nitrogens with one attached hydrogen (secondary N) is 1. The highest BCUT2D eigenvalue weighted by molar-refractivity contribution is 6.06. The highest BCUT2D eigenvalue weighted by Gasteiger charge is 2.36. The predicted molar refractivity (Wildman–Crippen MR) is 124 cm³/mol. The van der Waals surface area contributed by atoms with Crippen LogP contribution in [-0.4, -0.2) is 46.6 Å². The molecule has 0 unspecified atom stereocenters. The lowest BCUT2D eigenvalue weighted by molar-refractivity contribution is -0.0221. The predicted octanol–water partition coefficient (Wildman–Crippen LogP) is 4.13. The van der Waals surface area contributed by atoms with Gasteiger partial charge in [-0.2, -0.15) is 0 Å². The zero-order valence-electron chi connectivity index (χ0n) is 19.1. The van der Waals surface area contributed by atoms with Crippen molar-refractivity contribution in [2.45, 2.75) is 45.6 Å². The Labute approximate surface area is 196 Å². The molecule has 2 aliphatic heterocycles. The fourth-order valence-electron chi connectivity index (χ4n) is 4.48. The number of rotatable bonds is 4. The number of amides is 1. The molecule has 3 aromatic rings. The maximum absolute atomic E-state index is 13.9. The fraction of sp³-hybridized carbons (Fsp3) is 0.417. The first kappa shape index (κ1) is 22.2. The summed E-state index contributed by atoms with van der Waals surface area (Å²) < 4.78 is 32.7. The van der Waals surface area contributed by atoms with E-state index in [0.717, 1.165) is 35.6 Å². The van der Waals surface area contributed by atoms with Gasteiger partial charge in [0.2, 0.25) is 0 Å². The topological polar surface area (TPSA) is 87.4 Å². The molecule has 178 valence electrons. The minimum atomic E-state index is -2.68. The van der Waals surface area contributed by atoms with Crippen LogP contribution in [0.3, 0.4) is 0 Å². The Balaban J connectivity index is 1.49. The average molecular weight is 469 g/mol. The summed E-state index contributed by atoms with van der Waals surface area (Å²) >= 11 is 0. The summed E-state index contributed by atoms with van der Waals surface area (Å²) in [6, 6.07) is 5.91. The van der Waals surface area contributed by atoms with Crippen molar-refractivity contribution < 1.29 is 18.1 Å². The normalized spacial score (nSPS) is 17.4. The molecule has 0 atom stereocenters. The smallest absolute Gasteiger partial charge is 0.260 e. The van der Waals surface area contributed by atoms with Crippen molar-refractivity contribution in [2.75, 3.05) is 34.8 Å². The molecule has 1 saturated heterocycles. The van der Waals surface area contributed by atoms with Gasteiger partial charge in [0.25, 0.3) is 11.8 Å². The van der Waals surface area contributed by atoms with Crippen molar-refractivity contribution >= 4 is 23.2 Å². The van der Waals surface area contributed by atoms with Crippen molar-refractivity contribution in [3.05, 3.63) is 58.7 Å². The van der Waals surface area contributed by atoms with E-state index in [0.29, 0.717) is 29.3 Å². The first-order chi connectivity index (χ1) is 16.3. The van der Waals surface area contributed by atoms with Crippen LogP contribution >= 0.6 is 0 Å². The first-order valence-electron chi connectivity index (χ1n) is 11.4. The van der Waals surface area contributed by atoms with Crippen molar-refractivity contribution in [3.63, 3.8) is 0 Å². The van der Waals surface area contributed by atoms with Gasteiger partial charge in [-0.05, 0) is 37.1 Å². The lowest BCUT2D eigenvalue weighted by Crippen LogP contribution is -2.40. The van der Waals surface area contributed by atoms with Crippen molar-refractivity contribution in [2.24, 2.45) is 0 Å². The SMILES string of the molecule is Cc1cc(N2CCc3ncccc3C2)nc(N2CCC(F)(F)CC2)c1NC(=O)c1conc1C. The number of alkyl halides is 2. The number of piperidine rings is 1. The lowest BCUT2D eigenvalue weighted by atomic mass is 10.0. The van der Waals surface area contributed by atoms with Gasteiger partial charge in [-0.3, -0.25) is 9.78 Å². The van der Waals surface area contributed by atoms with Crippen LogP contribution in [0.4, 0.5) is 26.1 Å². The monoisotopic (exact) mass is 468 g/mol. The van der Waals surface area contributed by atoms with Gasteiger partial charge in [-0.25, -0.2) is 13.8 Å². The third-order valence-electron chi connectivity index (χ3n) is 6.50. The Kier molecular flexibility index (Phi) is 5.66. The molecule has 0 aliphatic carbocycles. The van der Waals surface area contributed by atoms with E-state index in [2.05, 4.69) is 26.4 Å². The summed E-state index contributed by atoms with van der Waals surface area (Å²) in [5.74, 6) is -1.81. The van der Waals surface area contributed by atoms with Crippen LogP contribution in [0, 0.1) is 13.8 Å². The summed E-state index contributed by atoms with van der Waals surface area (Å²) in [4.78, 5) is 26.3. The number of aryl methyl sites for hydroxylation is 2. The van der Waals surface area contributed by atoms with Crippen LogP contribution in [-0.2, 0) is 13.0 Å². The Morgan fingerprint density at radius 1 is 1.18 bits per heavy atom. The van der Waals surface area contributed by atoms with Gasteiger partial charge in [0.05, 0.1) is 11.4 Å². The summed E-state index contributed by atoms with van der Waals surface area (Å²) in [6.07, 6.45) is 3.39. The molecule has 1 amide bonds. The van der Waals surface area contributed by atoms with Crippen LogP contribution in [0.25, 0.3) is 0 Å². The van der Waals surface area contributed by atoms with Crippen molar-refractivity contribution in [1.29, 1.82) is 0 Å². The minimum absolute atomic E-state index is 0.158. The van der Waals surface area contributed by atoms with E-state index in [9.17, 15) is 13.6 Å². The largest absolute Gasteiger partial charge is 0.364 e. The van der Waals surface area contributed by atoms with Crippen LogP contribution < -0.4 is 15.1 Å². The van der Waals surface area contributed by atoms with Crippen molar-refractivity contribution in [3.8, 4) is 0 Å². The highest BCUT2D eigenvalue weighted by Crippen LogP contribution is 2.37. The van der Waals surface area contributed by atoms with E-state index >= 15 is 0 Å². The molecule has 5 heterocycles. The van der Waals surface area contributed by atoms with Gasteiger partial charge in [0.1, 0.15) is 17.6 Å². The first-order valence-corrected chi connectivity index (χ1v) is 11.4. The number of aromatic nitrogens is 3. The minimum Gasteiger partial charge on any atom is -0.364 e. The molecule has 3 aromatic heterocycles. The van der Waals surface area contributed by atoms with Gasteiger partial charge in [-0.15, -0.1) is 0 Å².